The Labute approximate surface area is 144 Å². The van der Waals surface area contributed by atoms with Crippen LogP contribution in [-0.4, -0.2) is 16.0 Å². The fourth-order valence-electron chi connectivity index (χ4n) is 3.03. The summed E-state index contributed by atoms with van der Waals surface area (Å²) >= 11 is 14.7. The highest BCUT2D eigenvalue weighted by molar-refractivity contribution is 8.01. The summed E-state index contributed by atoms with van der Waals surface area (Å²) < 4.78 is 0. The van der Waals surface area contributed by atoms with Gasteiger partial charge in [-0.1, -0.05) is 47.5 Å². The van der Waals surface area contributed by atoms with E-state index in [0.717, 1.165) is 33.7 Å². The van der Waals surface area contributed by atoms with Gasteiger partial charge in [-0.3, -0.25) is 0 Å². The van der Waals surface area contributed by atoms with Gasteiger partial charge in [0.25, 0.3) is 0 Å². The van der Waals surface area contributed by atoms with Gasteiger partial charge in [0.2, 0.25) is 0 Å². The molecule has 1 fully saturated rings. The van der Waals surface area contributed by atoms with Gasteiger partial charge in [-0.15, -0.1) is 11.8 Å². The molecule has 0 radical (unpaired) electrons. The number of fused-ring (bicyclic) bond motifs is 2. The standard InChI is InChI=1S/C17H14Cl2N2S/c1-10-16-20-14-8-3-2-5-11(14)9-21(16)17(22-10)15-12(18)6-4-7-13(15)19/h2-8,10,17H,9H2,1H3/t10-,17-/m0/s1. The average Bonchev–Trinajstić information content (AvgIpc) is 2.82. The van der Waals surface area contributed by atoms with Crippen LogP contribution in [0.25, 0.3) is 0 Å². The monoisotopic (exact) mass is 348 g/mol. The first-order chi connectivity index (χ1) is 10.6. The average molecular weight is 349 g/mol. The molecule has 2 aromatic rings. The van der Waals surface area contributed by atoms with Crippen molar-refractivity contribution in [3.8, 4) is 0 Å². The second kappa shape index (κ2) is 5.48. The first-order valence-corrected chi connectivity index (χ1v) is 8.87. The van der Waals surface area contributed by atoms with E-state index in [-0.39, 0.29) is 5.37 Å². The van der Waals surface area contributed by atoms with E-state index in [9.17, 15) is 0 Å². The number of benzene rings is 2. The molecule has 2 heterocycles. The Balaban J connectivity index is 1.80. The van der Waals surface area contributed by atoms with E-state index in [2.05, 4.69) is 30.0 Å². The number of thioether (sulfide) groups is 1. The van der Waals surface area contributed by atoms with Gasteiger partial charge in [0, 0.05) is 22.2 Å². The molecule has 0 aromatic heterocycles. The normalized spacial score (nSPS) is 23.0. The zero-order valence-electron chi connectivity index (χ0n) is 12.0. The van der Waals surface area contributed by atoms with E-state index in [1.807, 2.05) is 36.0 Å². The molecule has 0 amide bonds. The van der Waals surface area contributed by atoms with Crippen molar-refractivity contribution >= 4 is 46.5 Å². The third-order valence-corrected chi connectivity index (χ3v) is 6.11. The number of amidine groups is 1. The summed E-state index contributed by atoms with van der Waals surface area (Å²) in [6, 6.07) is 14.0. The molecule has 4 rings (SSSR count). The van der Waals surface area contributed by atoms with Gasteiger partial charge in [0.1, 0.15) is 11.2 Å². The van der Waals surface area contributed by atoms with Crippen LogP contribution >= 0.6 is 35.0 Å². The van der Waals surface area contributed by atoms with Gasteiger partial charge in [0.15, 0.2) is 0 Å². The van der Waals surface area contributed by atoms with Crippen LogP contribution in [0.1, 0.15) is 23.4 Å². The Morgan fingerprint density at radius 1 is 1.09 bits per heavy atom. The van der Waals surface area contributed by atoms with Crippen LogP contribution in [0.15, 0.2) is 47.5 Å². The molecule has 0 saturated carbocycles. The quantitative estimate of drug-likeness (QED) is 0.659. The number of nitrogens with zero attached hydrogens (tertiary/aromatic N) is 2. The Bertz CT molecular complexity index is 755. The molecule has 22 heavy (non-hydrogen) atoms. The predicted molar refractivity (Wildman–Crippen MR) is 95.3 cm³/mol. The van der Waals surface area contributed by atoms with Crippen molar-refractivity contribution in [1.29, 1.82) is 0 Å². The first kappa shape index (κ1) is 14.4. The number of para-hydroxylation sites is 1. The van der Waals surface area contributed by atoms with Crippen LogP contribution in [-0.2, 0) is 6.54 Å². The van der Waals surface area contributed by atoms with Crippen LogP contribution in [0.2, 0.25) is 10.0 Å². The minimum absolute atomic E-state index is 0.114. The molecule has 2 aliphatic rings. The molecular weight excluding hydrogens is 335 g/mol. The molecule has 0 aliphatic carbocycles. The van der Waals surface area contributed by atoms with Crippen molar-refractivity contribution in [3.63, 3.8) is 0 Å². The minimum atomic E-state index is 0.114. The molecule has 2 aromatic carbocycles. The van der Waals surface area contributed by atoms with Crippen molar-refractivity contribution in [2.45, 2.75) is 24.1 Å². The summed E-state index contributed by atoms with van der Waals surface area (Å²) in [6.07, 6.45) is 0. The predicted octanol–water partition coefficient (Wildman–Crippen LogP) is 5.67. The Hall–Kier alpha value is -1.16. The van der Waals surface area contributed by atoms with Crippen LogP contribution in [0, 0.1) is 0 Å². The largest absolute Gasteiger partial charge is 0.338 e. The SMILES string of the molecule is C[C@@H]1S[C@@H](c2c(Cl)cccc2Cl)N2Cc3ccccc3N=C12. The highest BCUT2D eigenvalue weighted by atomic mass is 35.5. The van der Waals surface area contributed by atoms with Crippen molar-refractivity contribution in [2.24, 2.45) is 4.99 Å². The van der Waals surface area contributed by atoms with Crippen molar-refractivity contribution < 1.29 is 0 Å². The maximum atomic E-state index is 6.42. The minimum Gasteiger partial charge on any atom is -0.338 e. The number of halogens is 2. The fourth-order valence-corrected chi connectivity index (χ4v) is 5.18. The lowest BCUT2D eigenvalue weighted by atomic mass is 10.1. The maximum Gasteiger partial charge on any atom is 0.119 e. The highest BCUT2D eigenvalue weighted by Gasteiger charge is 2.40. The van der Waals surface area contributed by atoms with E-state index in [0.29, 0.717) is 5.25 Å². The number of rotatable bonds is 1. The zero-order valence-corrected chi connectivity index (χ0v) is 14.3. The zero-order chi connectivity index (χ0) is 15.3. The Kier molecular flexibility index (Phi) is 3.60. The van der Waals surface area contributed by atoms with Crippen molar-refractivity contribution in [1.82, 2.24) is 4.90 Å². The van der Waals surface area contributed by atoms with Crippen molar-refractivity contribution in [3.05, 3.63) is 63.6 Å². The van der Waals surface area contributed by atoms with Gasteiger partial charge in [0.05, 0.1) is 10.9 Å². The van der Waals surface area contributed by atoms with Crippen LogP contribution in [0.3, 0.4) is 0 Å². The molecular formula is C17H14Cl2N2S. The number of hydrogen-bond donors (Lipinski definition) is 0. The van der Waals surface area contributed by atoms with Crippen LogP contribution in [0.5, 0.6) is 0 Å². The molecule has 0 spiro atoms. The third kappa shape index (κ3) is 2.23. The van der Waals surface area contributed by atoms with Crippen LogP contribution in [0.4, 0.5) is 5.69 Å². The maximum absolute atomic E-state index is 6.42. The summed E-state index contributed by atoms with van der Waals surface area (Å²) in [4.78, 5) is 7.18. The van der Waals surface area contributed by atoms with E-state index < -0.39 is 0 Å². The smallest absolute Gasteiger partial charge is 0.119 e. The third-order valence-electron chi connectivity index (χ3n) is 4.09. The molecule has 112 valence electrons. The lowest BCUT2D eigenvalue weighted by molar-refractivity contribution is 0.398. The summed E-state index contributed by atoms with van der Waals surface area (Å²) in [5.41, 5.74) is 3.31. The van der Waals surface area contributed by atoms with Gasteiger partial charge in [-0.2, -0.15) is 0 Å². The molecule has 1 saturated heterocycles. The second-order valence-electron chi connectivity index (χ2n) is 5.49. The van der Waals surface area contributed by atoms with Crippen molar-refractivity contribution in [2.75, 3.05) is 0 Å². The lowest BCUT2D eigenvalue weighted by Crippen LogP contribution is -2.32. The molecule has 0 unspecified atom stereocenters. The van der Waals surface area contributed by atoms with E-state index >= 15 is 0 Å². The number of aliphatic imine (C=N–C) groups is 1. The molecule has 2 atom stereocenters. The number of hydrogen-bond acceptors (Lipinski definition) is 3. The fraction of sp³-hybridized carbons (Fsp3) is 0.235. The molecule has 5 heteroatoms. The molecule has 2 nitrogen and oxygen atoms in total. The van der Waals surface area contributed by atoms with E-state index in [4.69, 9.17) is 28.2 Å². The topological polar surface area (TPSA) is 15.6 Å². The van der Waals surface area contributed by atoms with E-state index in [1.165, 1.54) is 5.56 Å². The summed E-state index contributed by atoms with van der Waals surface area (Å²) in [5, 5.41) is 1.88. The first-order valence-electron chi connectivity index (χ1n) is 7.17. The van der Waals surface area contributed by atoms with Gasteiger partial charge < -0.3 is 4.90 Å². The molecule has 0 bridgehead atoms. The van der Waals surface area contributed by atoms with Gasteiger partial charge in [-0.05, 0) is 30.7 Å². The lowest BCUT2D eigenvalue weighted by Gasteiger charge is -2.31. The van der Waals surface area contributed by atoms with Gasteiger partial charge >= 0.3 is 0 Å². The summed E-state index contributed by atoms with van der Waals surface area (Å²) in [7, 11) is 0. The molecule has 2 aliphatic heterocycles. The second-order valence-corrected chi connectivity index (χ2v) is 7.73. The highest BCUT2D eigenvalue weighted by Crippen LogP contribution is 2.50. The van der Waals surface area contributed by atoms with Crippen LogP contribution < -0.4 is 0 Å². The molecule has 0 N–H and O–H groups in total. The summed E-state index contributed by atoms with van der Waals surface area (Å²) in [5.74, 6) is 1.12. The van der Waals surface area contributed by atoms with E-state index in [1.54, 1.807) is 0 Å². The Morgan fingerprint density at radius 3 is 2.59 bits per heavy atom. The Morgan fingerprint density at radius 2 is 1.82 bits per heavy atom. The van der Waals surface area contributed by atoms with Gasteiger partial charge in [-0.25, -0.2) is 4.99 Å². The summed E-state index contributed by atoms with van der Waals surface area (Å²) in [6.45, 7) is 3.04.